The third kappa shape index (κ3) is 13.6. The monoisotopic (exact) mass is 1420 g/mol. The lowest BCUT2D eigenvalue weighted by molar-refractivity contribution is -0.172. The van der Waals surface area contributed by atoms with E-state index in [-0.39, 0.29) is 13.2 Å². The van der Waals surface area contributed by atoms with E-state index >= 15 is 10.2 Å². The number of carbonyl (C=O) groups excluding carboxylic acids is 2. The molecule has 0 aliphatic carbocycles. The summed E-state index contributed by atoms with van der Waals surface area (Å²) in [5.41, 5.74) is -0.425. The Labute approximate surface area is 623 Å². The van der Waals surface area contributed by atoms with Crippen LogP contribution in [0.5, 0.6) is 11.5 Å². The average Bonchev–Trinajstić information content (AvgIpc) is 1.48. The minimum Gasteiger partial charge on any atom is -0.494 e. The molecule has 14 aromatic carbocycles. The molecule has 0 amide bonds. The van der Waals surface area contributed by atoms with E-state index in [1.807, 2.05) is 62.4 Å². The van der Waals surface area contributed by atoms with Gasteiger partial charge in [-0.25, -0.2) is 9.59 Å². The second-order valence-electron chi connectivity index (χ2n) is 29.1. The summed E-state index contributed by atoms with van der Waals surface area (Å²) in [6.07, 6.45) is 4.55. The van der Waals surface area contributed by atoms with Crippen molar-refractivity contribution in [3.05, 3.63) is 300 Å². The van der Waals surface area contributed by atoms with Gasteiger partial charge in [0.2, 0.25) is 0 Å². The molecule has 540 valence electrons. The lowest BCUT2D eigenvalue weighted by Crippen LogP contribution is -2.55. The first kappa shape index (κ1) is 70.8. The summed E-state index contributed by atoms with van der Waals surface area (Å²) in [5, 5.41) is 45.9. The molecule has 3 aliphatic rings. The molecule has 0 aromatic heterocycles. The standard InChI is InChI=1S/C63H46O4.C32H42O8/c1-61(2)66-59(62(64,55-35-39-19-3-7-23-43(39)47-27-11-15-31-51(47)55)56-36-40-20-4-8-24-44(40)48-28-12-16-32-52(48)56)60(67-61)63(65,57-37-41-21-5-9-25-45(41)49-29-13-17-33-53(49)57)58-38-42-22-6-10-26-46(42)50-30-14-18-34-54(50)58;1-3-5-7-9-19-35-25-15-11-23(12-16-25)31(33)39-27-21-37-30-28(22-38-29(27)30)40-32(34)24-13-17-26(18-14-24)36-20-10-8-6-4-2/h3-38,59-60,64-65H,1-2H3;11-18,27-30H,3-10,19-22H2,1-2H3/t59-,60-;27-,28+,29-,30-/m11/s1. The molecule has 14 aromatic rings. The predicted octanol–water partition coefficient (Wildman–Crippen LogP) is 20.8. The number of benzene rings is 14. The van der Waals surface area contributed by atoms with Crippen LogP contribution in [0, 0.1) is 0 Å². The van der Waals surface area contributed by atoms with Crippen LogP contribution in [-0.2, 0) is 39.6 Å². The SMILES string of the molecule is CC1(C)O[C@@H](C(O)(c2cc3ccccc3c3ccccc23)c2cc3ccccc3c3ccccc23)[C@H](C(O)(c2cc3ccccc3c3ccccc23)c2cc3ccccc3c3ccccc23)O1.CCCCCCOc1ccc(C(=O)O[C@H]2CO[C@H]3[C@@H]2OC[C@H]3OC(=O)c2ccc(OCCCCCC)cc2)cc1. The second-order valence-corrected chi connectivity index (χ2v) is 29.1. The van der Waals surface area contributed by atoms with Crippen molar-refractivity contribution < 1.29 is 57.7 Å². The zero-order chi connectivity index (χ0) is 73.2. The fourth-order valence-electron chi connectivity index (χ4n) is 16.6. The number of hydrogen-bond donors (Lipinski definition) is 2. The number of ether oxygens (including phenoxy) is 8. The van der Waals surface area contributed by atoms with Crippen molar-refractivity contribution in [1.82, 2.24) is 0 Å². The maximum absolute atomic E-state index is 15.1. The Bertz CT molecular complexity index is 5010. The minimum absolute atomic E-state index is 0.179. The molecule has 3 heterocycles. The Morgan fingerprint density at radius 3 is 0.925 bits per heavy atom. The third-order valence-corrected chi connectivity index (χ3v) is 21.8. The van der Waals surface area contributed by atoms with E-state index in [0.29, 0.717) is 46.6 Å². The van der Waals surface area contributed by atoms with Gasteiger partial charge < -0.3 is 48.1 Å². The highest BCUT2D eigenvalue weighted by atomic mass is 16.8. The molecular weight excluding hydrogens is 1330 g/mol. The molecule has 0 spiro atoms. The van der Waals surface area contributed by atoms with Gasteiger partial charge in [-0.05, 0) is 208 Å². The van der Waals surface area contributed by atoms with E-state index in [1.54, 1.807) is 48.5 Å². The minimum atomic E-state index is -1.96. The molecule has 107 heavy (non-hydrogen) atoms. The molecule has 0 radical (unpaired) electrons. The molecular formula is C95H88O12. The smallest absolute Gasteiger partial charge is 0.338 e. The number of hydrogen-bond acceptors (Lipinski definition) is 12. The van der Waals surface area contributed by atoms with Crippen LogP contribution in [0.4, 0.5) is 0 Å². The van der Waals surface area contributed by atoms with Crippen LogP contribution in [0.1, 0.15) is 122 Å². The van der Waals surface area contributed by atoms with Crippen molar-refractivity contribution in [3.63, 3.8) is 0 Å². The molecule has 0 unspecified atom stereocenters. The van der Waals surface area contributed by atoms with E-state index < -0.39 is 65.6 Å². The molecule has 6 atom stereocenters. The molecule has 3 saturated heterocycles. The van der Waals surface area contributed by atoms with E-state index in [2.05, 4.69) is 184 Å². The van der Waals surface area contributed by atoms with Crippen LogP contribution >= 0.6 is 0 Å². The number of carbonyl (C=O) groups is 2. The molecule has 3 fully saturated rings. The van der Waals surface area contributed by atoms with Gasteiger partial charge in [-0.1, -0.05) is 246 Å². The number of rotatable bonds is 22. The molecule has 12 nitrogen and oxygen atoms in total. The quantitative estimate of drug-likeness (QED) is 0.0378. The third-order valence-electron chi connectivity index (χ3n) is 21.8. The molecule has 2 N–H and O–H groups in total. The summed E-state index contributed by atoms with van der Waals surface area (Å²) in [7, 11) is 0. The number of unbranched alkanes of at least 4 members (excludes halogenated alkanes) is 6. The first-order chi connectivity index (χ1) is 52.3. The zero-order valence-corrected chi connectivity index (χ0v) is 60.8. The van der Waals surface area contributed by atoms with E-state index in [9.17, 15) is 9.59 Å². The van der Waals surface area contributed by atoms with Gasteiger partial charge in [-0.15, -0.1) is 0 Å². The average molecular weight is 1420 g/mol. The fraction of sp³-hybridized carbons (Fsp3) is 0.263. The summed E-state index contributed by atoms with van der Waals surface area (Å²) in [6.45, 7) is 9.83. The first-order valence-corrected chi connectivity index (χ1v) is 37.9. The summed E-state index contributed by atoms with van der Waals surface area (Å²) >= 11 is 0. The van der Waals surface area contributed by atoms with Gasteiger partial charge in [0.05, 0.1) is 37.6 Å². The lowest BCUT2D eigenvalue weighted by atomic mass is 9.68. The maximum atomic E-state index is 15.1. The molecule has 17 rings (SSSR count). The van der Waals surface area contributed by atoms with E-state index in [4.69, 9.17) is 37.9 Å². The van der Waals surface area contributed by atoms with Gasteiger partial charge in [0.25, 0.3) is 0 Å². The van der Waals surface area contributed by atoms with Crippen molar-refractivity contribution in [2.24, 2.45) is 0 Å². The normalized spacial score (nSPS) is 18.5. The fourth-order valence-corrected chi connectivity index (χ4v) is 16.6. The lowest BCUT2D eigenvalue weighted by Gasteiger charge is -2.44. The van der Waals surface area contributed by atoms with E-state index in [0.717, 1.165) is 123 Å². The van der Waals surface area contributed by atoms with Gasteiger partial charge in [0.1, 0.15) is 47.1 Å². The van der Waals surface area contributed by atoms with Crippen molar-refractivity contribution in [2.75, 3.05) is 26.4 Å². The highest BCUT2D eigenvalue weighted by molar-refractivity contribution is 6.14. The van der Waals surface area contributed by atoms with Crippen LogP contribution in [0.15, 0.2) is 267 Å². The van der Waals surface area contributed by atoms with Gasteiger partial charge in [0.15, 0.2) is 18.0 Å². The molecule has 12 heteroatoms. The number of fused-ring (bicyclic) bond motifs is 13. The Balaban J connectivity index is 0.000000188. The maximum Gasteiger partial charge on any atom is 0.338 e. The topological polar surface area (TPSA) is 148 Å². The van der Waals surface area contributed by atoms with Crippen molar-refractivity contribution >= 4 is 98.1 Å². The van der Waals surface area contributed by atoms with Crippen LogP contribution in [0.25, 0.3) is 86.2 Å². The van der Waals surface area contributed by atoms with Crippen LogP contribution in [0.3, 0.4) is 0 Å². The predicted molar refractivity (Wildman–Crippen MR) is 426 cm³/mol. The molecule has 3 aliphatic heterocycles. The second kappa shape index (κ2) is 30.4. The highest BCUT2D eigenvalue weighted by Crippen LogP contribution is 2.56. The Morgan fingerprint density at radius 2 is 0.636 bits per heavy atom. The summed E-state index contributed by atoms with van der Waals surface area (Å²) in [4.78, 5) is 25.5. The van der Waals surface area contributed by atoms with Crippen LogP contribution < -0.4 is 9.47 Å². The Kier molecular flexibility index (Phi) is 20.1. The van der Waals surface area contributed by atoms with Crippen molar-refractivity contribution in [3.8, 4) is 11.5 Å². The van der Waals surface area contributed by atoms with Crippen molar-refractivity contribution in [2.45, 2.75) is 133 Å². The van der Waals surface area contributed by atoms with Crippen molar-refractivity contribution in [1.29, 1.82) is 0 Å². The Hall–Kier alpha value is -10.5. The Morgan fingerprint density at radius 1 is 0.364 bits per heavy atom. The first-order valence-electron chi connectivity index (χ1n) is 37.9. The highest BCUT2D eigenvalue weighted by Gasteiger charge is 2.63. The number of aliphatic hydroxyl groups is 2. The number of esters is 2. The summed E-state index contributed by atoms with van der Waals surface area (Å²) in [5.74, 6) is -0.743. The summed E-state index contributed by atoms with van der Waals surface area (Å²) in [6, 6.07) is 89.1. The van der Waals surface area contributed by atoms with Gasteiger partial charge >= 0.3 is 11.9 Å². The van der Waals surface area contributed by atoms with Gasteiger partial charge in [0, 0.05) is 0 Å². The summed E-state index contributed by atoms with van der Waals surface area (Å²) < 4.78 is 49.4. The van der Waals surface area contributed by atoms with Gasteiger partial charge in [-0.3, -0.25) is 0 Å². The molecule has 0 saturated carbocycles. The van der Waals surface area contributed by atoms with E-state index in [1.165, 1.54) is 25.7 Å². The molecule has 0 bridgehead atoms. The van der Waals surface area contributed by atoms with Crippen LogP contribution in [-0.4, -0.2) is 91.0 Å². The zero-order valence-electron chi connectivity index (χ0n) is 60.8. The van der Waals surface area contributed by atoms with Crippen LogP contribution in [0.2, 0.25) is 0 Å². The van der Waals surface area contributed by atoms with Gasteiger partial charge in [-0.2, -0.15) is 0 Å². The largest absolute Gasteiger partial charge is 0.494 e.